The minimum atomic E-state index is -3.84. The first-order chi connectivity index (χ1) is 23.6. The smallest absolute Gasteiger partial charge is 0.426 e. The molecule has 15 heteroatoms. The van der Waals surface area contributed by atoms with Gasteiger partial charge in [-0.1, -0.05) is 42.8 Å². The lowest BCUT2D eigenvalue weighted by atomic mass is 9.93. The molecule has 14 nitrogen and oxygen atoms in total. The van der Waals surface area contributed by atoms with Gasteiger partial charge in [-0.05, 0) is 80.2 Å². The van der Waals surface area contributed by atoms with E-state index in [2.05, 4.69) is 26.0 Å². The number of carbonyl (C=O) groups is 4. The fourth-order valence-corrected chi connectivity index (χ4v) is 8.47. The maximum absolute atomic E-state index is 13.9. The van der Waals surface area contributed by atoms with Crippen molar-refractivity contribution in [2.45, 2.75) is 75.2 Å². The van der Waals surface area contributed by atoms with Crippen LogP contribution in [0, 0.1) is 17.8 Å². The second-order valence-electron chi connectivity index (χ2n) is 13.4. The number of hydrogen-bond acceptors (Lipinski definition) is 10. The molecule has 49 heavy (non-hydrogen) atoms. The van der Waals surface area contributed by atoms with Crippen molar-refractivity contribution in [1.29, 1.82) is 0 Å². The first kappa shape index (κ1) is 32.9. The fourth-order valence-electron chi connectivity index (χ4n) is 7.10. The van der Waals surface area contributed by atoms with Gasteiger partial charge < -0.3 is 19.6 Å². The van der Waals surface area contributed by atoms with Gasteiger partial charge in [0.25, 0.3) is 5.91 Å². The molecule has 4 aliphatic carbocycles. The summed E-state index contributed by atoms with van der Waals surface area (Å²) in [6.07, 6.45) is 1.56. The SMILES string of the molecule is CC[C@H]1C[C@]1(NC(=O)[C@@H]1C[C@@H]2C[C@H]1C(=O)NNC(=O)OCCCCOc1ccc3c(c1)/C(=N\O2)c1ccccc1-3)C(=O)NS(=O)(=O)C1CC1. The molecule has 3 fully saturated rings. The number of sulfonamides is 1. The number of hydrogen-bond donors (Lipinski definition) is 4. The molecule has 1 aliphatic heterocycles. The second-order valence-corrected chi connectivity index (χ2v) is 15.3. The highest BCUT2D eigenvalue weighted by Crippen LogP contribution is 2.48. The van der Waals surface area contributed by atoms with Gasteiger partial charge in [0.15, 0.2) is 0 Å². The van der Waals surface area contributed by atoms with Crippen LogP contribution >= 0.6 is 0 Å². The number of carbonyl (C=O) groups excluding carboxylic acids is 4. The molecule has 4 bridgehead atoms. The Morgan fingerprint density at radius 1 is 0.959 bits per heavy atom. The van der Waals surface area contributed by atoms with E-state index in [1.807, 2.05) is 49.4 Å². The van der Waals surface area contributed by atoms with Crippen LogP contribution in [0.25, 0.3) is 11.1 Å². The summed E-state index contributed by atoms with van der Waals surface area (Å²) in [5.74, 6) is -3.55. The zero-order valence-corrected chi connectivity index (χ0v) is 27.8. The normalized spacial score (nSPS) is 29.0. The summed E-state index contributed by atoms with van der Waals surface area (Å²) in [5, 5.41) is 6.79. The maximum atomic E-state index is 13.9. The third kappa shape index (κ3) is 6.55. The molecule has 0 spiro atoms. The first-order valence-electron chi connectivity index (χ1n) is 16.8. The quantitative estimate of drug-likeness (QED) is 0.301. The topological polar surface area (TPSA) is 191 Å². The summed E-state index contributed by atoms with van der Waals surface area (Å²) in [4.78, 5) is 59.1. The number of oxime groups is 1. The molecular weight excluding hydrogens is 654 g/mol. The number of ether oxygens (including phenoxy) is 2. The molecule has 0 radical (unpaired) electrons. The molecule has 3 saturated carbocycles. The van der Waals surface area contributed by atoms with Crippen molar-refractivity contribution >= 4 is 39.5 Å². The third-order valence-electron chi connectivity index (χ3n) is 10.1. The molecule has 260 valence electrons. The Morgan fingerprint density at radius 3 is 2.43 bits per heavy atom. The molecule has 2 aromatic carbocycles. The molecule has 1 heterocycles. The number of nitrogens with one attached hydrogen (secondary N) is 4. The standard InChI is InChI=1S/C34H39N5O9S/c1-2-19-18-34(19,32(42)39-49(44,45)22-10-11-22)35-30(40)27-16-21-17-28(27)31(41)36-37-33(43)47-14-6-5-13-46-20-9-12-24-23-7-3-4-8-25(23)29(38-48-21)26(24)15-20/h3-4,7-9,12,15,19,21-22,27-28H,2,5-6,10-11,13-14,16-18H2,1H3,(H,35,40)(H,36,41)(H,37,43)(H,39,42)/b38-29-/t19-,21+,27+,28+,34+/m0/s1. The van der Waals surface area contributed by atoms with E-state index in [1.165, 1.54) is 0 Å². The molecular formula is C34H39N5O9S. The maximum Gasteiger partial charge on any atom is 0.426 e. The number of benzene rings is 2. The predicted molar refractivity (Wildman–Crippen MR) is 175 cm³/mol. The van der Waals surface area contributed by atoms with Crippen LogP contribution in [0.15, 0.2) is 47.6 Å². The minimum Gasteiger partial charge on any atom is -0.494 e. The van der Waals surface area contributed by atoms with E-state index >= 15 is 0 Å². The summed E-state index contributed by atoms with van der Waals surface area (Å²) in [6, 6.07) is 13.6. The molecule has 7 rings (SSSR count). The van der Waals surface area contributed by atoms with Crippen LogP contribution in [-0.4, -0.2) is 68.1 Å². The second kappa shape index (κ2) is 13.0. The van der Waals surface area contributed by atoms with E-state index in [9.17, 15) is 27.6 Å². The number of hydrazine groups is 1. The molecule has 2 aromatic rings. The number of amides is 4. The van der Waals surface area contributed by atoms with Gasteiger partial charge in [-0.3, -0.25) is 24.5 Å². The van der Waals surface area contributed by atoms with Crippen LogP contribution < -0.4 is 25.6 Å². The molecule has 0 unspecified atom stereocenters. The fraction of sp³-hybridized carbons (Fsp3) is 0.500. The summed E-state index contributed by atoms with van der Waals surface area (Å²) < 4.78 is 38.5. The van der Waals surface area contributed by atoms with Crippen LogP contribution in [0.4, 0.5) is 4.79 Å². The highest BCUT2D eigenvalue weighted by Gasteiger charge is 2.62. The van der Waals surface area contributed by atoms with Crippen molar-refractivity contribution in [2.24, 2.45) is 22.9 Å². The molecule has 5 aliphatic rings. The van der Waals surface area contributed by atoms with E-state index in [0.717, 1.165) is 22.3 Å². The highest BCUT2D eigenvalue weighted by atomic mass is 32.2. The van der Waals surface area contributed by atoms with Crippen molar-refractivity contribution in [3.8, 4) is 16.9 Å². The van der Waals surface area contributed by atoms with Crippen molar-refractivity contribution in [3.05, 3.63) is 53.6 Å². The van der Waals surface area contributed by atoms with Gasteiger partial charge >= 0.3 is 6.09 Å². The lowest BCUT2D eigenvalue weighted by Crippen LogP contribution is -2.55. The average Bonchev–Trinajstić information content (AvgIpc) is 4.00. The van der Waals surface area contributed by atoms with Crippen molar-refractivity contribution in [2.75, 3.05) is 13.2 Å². The van der Waals surface area contributed by atoms with Crippen LogP contribution in [0.1, 0.15) is 69.4 Å². The van der Waals surface area contributed by atoms with Crippen molar-refractivity contribution in [3.63, 3.8) is 0 Å². The summed E-state index contributed by atoms with van der Waals surface area (Å²) in [5.41, 5.74) is 7.45. The largest absolute Gasteiger partial charge is 0.494 e. The van der Waals surface area contributed by atoms with Gasteiger partial charge in [-0.15, -0.1) is 0 Å². The van der Waals surface area contributed by atoms with Crippen LogP contribution in [0.2, 0.25) is 0 Å². The van der Waals surface area contributed by atoms with E-state index in [0.29, 0.717) is 50.2 Å². The Bertz CT molecular complexity index is 1830. The van der Waals surface area contributed by atoms with Gasteiger partial charge in [0, 0.05) is 11.1 Å². The van der Waals surface area contributed by atoms with Gasteiger partial charge in [-0.25, -0.2) is 18.6 Å². The van der Waals surface area contributed by atoms with Crippen molar-refractivity contribution < 1.29 is 41.9 Å². The van der Waals surface area contributed by atoms with E-state index in [1.54, 1.807) is 0 Å². The number of rotatable bonds is 6. The van der Waals surface area contributed by atoms with Gasteiger partial charge in [-0.2, -0.15) is 0 Å². The Hall–Kier alpha value is -4.66. The van der Waals surface area contributed by atoms with Gasteiger partial charge in [0.1, 0.15) is 23.1 Å². The number of fused-ring (bicyclic) bond motifs is 6. The predicted octanol–water partition coefficient (Wildman–Crippen LogP) is 2.65. The molecule has 4 amide bonds. The molecule has 0 aromatic heterocycles. The molecule has 0 saturated heterocycles. The Kier molecular flexibility index (Phi) is 8.71. The molecule has 5 atom stereocenters. The summed E-state index contributed by atoms with van der Waals surface area (Å²) in [7, 11) is -3.84. The zero-order chi connectivity index (χ0) is 34.3. The highest BCUT2D eigenvalue weighted by molar-refractivity contribution is 7.91. The number of nitrogens with zero attached hydrogens (tertiary/aromatic N) is 1. The Labute approximate surface area is 283 Å². The average molecular weight is 694 g/mol. The molecule has 4 N–H and O–H groups in total. The van der Waals surface area contributed by atoms with Gasteiger partial charge in [0.2, 0.25) is 21.8 Å². The minimum absolute atomic E-state index is 0.0810. The van der Waals surface area contributed by atoms with E-state index < -0.39 is 62.6 Å². The van der Waals surface area contributed by atoms with E-state index in [4.69, 9.17) is 14.3 Å². The lowest BCUT2D eigenvalue weighted by Gasteiger charge is -2.23. The first-order valence-corrected chi connectivity index (χ1v) is 18.4. The van der Waals surface area contributed by atoms with Gasteiger partial charge in [0.05, 0.1) is 30.3 Å². The van der Waals surface area contributed by atoms with Crippen LogP contribution in [0.5, 0.6) is 5.75 Å². The van der Waals surface area contributed by atoms with Crippen molar-refractivity contribution in [1.82, 2.24) is 20.9 Å². The Morgan fingerprint density at radius 2 is 1.69 bits per heavy atom. The third-order valence-corrected chi connectivity index (χ3v) is 11.9. The zero-order valence-electron chi connectivity index (χ0n) is 27.0. The van der Waals surface area contributed by atoms with Crippen LogP contribution in [0.3, 0.4) is 0 Å². The Balaban J connectivity index is 1.15. The lowest BCUT2D eigenvalue weighted by molar-refractivity contribution is -0.136. The van der Waals surface area contributed by atoms with Crippen LogP contribution in [-0.2, 0) is 34.0 Å². The van der Waals surface area contributed by atoms with E-state index in [-0.39, 0.29) is 31.8 Å². The number of cyclic esters (lactones) is 1. The summed E-state index contributed by atoms with van der Waals surface area (Å²) in [6.45, 7) is 2.37. The monoisotopic (exact) mass is 693 g/mol. The summed E-state index contributed by atoms with van der Waals surface area (Å²) >= 11 is 0.